The van der Waals surface area contributed by atoms with Crippen LogP contribution in [0.15, 0.2) is 42.6 Å². The number of hydrogen-bond acceptors (Lipinski definition) is 4. The van der Waals surface area contributed by atoms with E-state index < -0.39 is 0 Å². The molecule has 3 aromatic rings. The van der Waals surface area contributed by atoms with E-state index in [1.807, 2.05) is 13.2 Å². The molecule has 0 unspecified atom stereocenters. The Hall–Kier alpha value is -2.86. The van der Waals surface area contributed by atoms with Crippen molar-refractivity contribution in [1.29, 1.82) is 0 Å². The number of rotatable bonds is 5. The number of amides is 1. The second kappa shape index (κ2) is 9.79. The number of nitrogens with zero attached hydrogens (tertiary/aromatic N) is 4. The number of carbonyl (C=O) groups is 1. The van der Waals surface area contributed by atoms with E-state index in [1.54, 1.807) is 0 Å². The summed E-state index contributed by atoms with van der Waals surface area (Å²) in [6, 6.07) is 12.9. The Morgan fingerprint density at radius 1 is 1.06 bits per heavy atom. The van der Waals surface area contributed by atoms with Gasteiger partial charge in [-0.25, -0.2) is 4.98 Å². The van der Waals surface area contributed by atoms with E-state index in [9.17, 15) is 4.79 Å². The maximum atomic E-state index is 13.3. The third kappa shape index (κ3) is 4.43. The minimum Gasteiger partial charge on any atom is -0.373 e. The molecule has 0 radical (unpaired) electrons. The highest BCUT2D eigenvalue weighted by Crippen LogP contribution is 2.37. The minimum atomic E-state index is 0.178. The number of carbonyl (C=O) groups excluding carboxylic acids is 1. The number of para-hydroxylation sites is 1. The first-order valence-corrected chi connectivity index (χ1v) is 12.7. The first-order valence-electron chi connectivity index (χ1n) is 12.7. The van der Waals surface area contributed by atoms with Crippen molar-refractivity contribution < 1.29 is 4.79 Å². The molecule has 180 valence electrons. The van der Waals surface area contributed by atoms with Crippen LogP contribution in [-0.4, -0.2) is 58.5 Å². The van der Waals surface area contributed by atoms with Crippen LogP contribution in [0.3, 0.4) is 0 Å². The van der Waals surface area contributed by atoms with E-state index in [1.165, 1.54) is 27.7 Å². The Labute approximate surface area is 203 Å². The molecule has 2 aliphatic heterocycles. The first-order chi connectivity index (χ1) is 16.5. The lowest BCUT2D eigenvalue weighted by Gasteiger charge is -2.37. The molecule has 5 rings (SSSR count). The molecule has 1 N–H and O–H groups in total. The number of nitrogens with one attached hydrogen (secondary N) is 1. The number of aromatic nitrogens is 2. The Balaban J connectivity index is 1.15. The van der Waals surface area contributed by atoms with Crippen LogP contribution in [0.5, 0.6) is 0 Å². The molecular formula is C28H37N5O. The maximum Gasteiger partial charge on any atom is 0.225 e. The zero-order valence-electron chi connectivity index (χ0n) is 20.8. The summed E-state index contributed by atoms with van der Waals surface area (Å²) >= 11 is 0. The smallest absolute Gasteiger partial charge is 0.225 e. The SMILES string of the molecule is CNc1cc(CN2CCC(C(=O)N3CCC(c4c(C)n(C)c5ccccc45)CC3)CC2)ccn1. The van der Waals surface area contributed by atoms with Gasteiger partial charge in [-0.2, -0.15) is 0 Å². The van der Waals surface area contributed by atoms with E-state index in [-0.39, 0.29) is 5.92 Å². The fourth-order valence-corrected chi connectivity index (χ4v) is 6.02. The molecule has 6 heteroatoms. The van der Waals surface area contributed by atoms with Crippen LogP contribution >= 0.6 is 0 Å². The van der Waals surface area contributed by atoms with Gasteiger partial charge in [0.25, 0.3) is 0 Å². The highest BCUT2D eigenvalue weighted by molar-refractivity contribution is 5.86. The van der Waals surface area contributed by atoms with E-state index in [2.05, 4.69) is 75.0 Å². The molecule has 2 aromatic heterocycles. The summed E-state index contributed by atoms with van der Waals surface area (Å²) < 4.78 is 2.32. The lowest BCUT2D eigenvalue weighted by molar-refractivity contribution is -0.138. The standard InChI is InChI=1S/C28H37N5O/c1-20-27(24-6-4-5-7-25(24)31(20)3)22-11-16-33(17-12-22)28(34)23-9-14-32(15-10-23)19-21-8-13-30-26(18-21)29-2/h4-8,13,18,22-23H,9-12,14-17,19H2,1-3H3,(H,29,30). The lowest BCUT2D eigenvalue weighted by Crippen LogP contribution is -2.45. The molecule has 2 saturated heterocycles. The van der Waals surface area contributed by atoms with E-state index >= 15 is 0 Å². The molecule has 34 heavy (non-hydrogen) atoms. The second-order valence-corrected chi connectivity index (χ2v) is 10.0. The number of piperidine rings is 2. The molecule has 0 bridgehead atoms. The van der Waals surface area contributed by atoms with Crippen LogP contribution in [0.4, 0.5) is 5.82 Å². The monoisotopic (exact) mass is 459 g/mol. The summed E-state index contributed by atoms with van der Waals surface area (Å²) in [5.74, 6) is 2.01. The number of hydrogen-bond donors (Lipinski definition) is 1. The third-order valence-corrected chi connectivity index (χ3v) is 8.09. The number of anilines is 1. The molecule has 0 aliphatic carbocycles. The first kappa shape index (κ1) is 22.9. The predicted octanol–water partition coefficient (Wildman–Crippen LogP) is 4.54. The largest absolute Gasteiger partial charge is 0.373 e. The van der Waals surface area contributed by atoms with Gasteiger partial charge in [-0.3, -0.25) is 9.69 Å². The van der Waals surface area contributed by atoms with Crippen molar-refractivity contribution in [2.45, 2.75) is 45.1 Å². The van der Waals surface area contributed by atoms with Crippen LogP contribution in [0.1, 0.15) is 48.4 Å². The lowest BCUT2D eigenvalue weighted by atomic mass is 9.86. The second-order valence-electron chi connectivity index (χ2n) is 10.0. The average Bonchev–Trinajstić information content (AvgIpc) is 3.14. The van der Waals surface area contributed by atoms with Gasteiger partial charge in [-0.05, 0) is 80.9 Å². The Bertz CT molecular complexity index is 1150. The fraction of sp³-hybridized carbons (Fsp3) is 0.500. The van der Waals surface area contributed by atoms with Crippen LogP contribution in [-0.2, 0) is 18.4 Å². The molecule has 0 spiro atoms. The van der Waals surface area contributed by atoms with Crippen molar-refractivity contribution in [2.75, 3.05) is 38.5 Å². The van der Waals surface area contributed by atoms with Crippen molar-refractivity contribution in [3.63, 3.8) is 0 Å². The summed E-state index contributed by atoms with van der Waals surface area (Å²) in [4.78, 5) is 22.2. The minimum absolute atomic E-state index is 0.178. The number of pyridine rings is 1. The van der Waals surface area contributed by atoms with Gasteiger partial charge in [0.15, 0.2) is 0 Å². The van der Waals surface area contributed by atoms with Gasteiger partial charge >= 0.3 is 0 Å². The molecular weight excluding hydrogens is 422 g/mol. The van der Waals surface area contributed by atoms with Crippen LogP contribution in [0.25, 0.3) is 10.9 Å². The highest BCUT2D eigenvalue weighted by atomic mass is 16.2. The molecule has 0 saturated carbocycles. The fourth-order valence-electron chi connectivity index (χ4n) is 6.02. The summed E-state index contributed by atoms with van der Waals surface area (Å²) in [5, 5.41) is 4.49. The summed E-state index contributed by atoms with van der Waals surface area (Å²) in [6.07, 6.45) is 5.92. The highest BCUT2D eigenvalue weighted by Gasteiger charge is 2.32. The van der Waals surface area contributed by atoms with Gasteiger partial charge in [0.1, 0.15) is 5.82 Å². The van der Waals surface area contributed by atoms with Crippen molar-refractivity contribution in [3.05, 3.63) is 59.4 Å². The zero-order chi connectivity index (χ0) is 23.7. The van der Waals surface area contributed by atoms with Crippen molar-refractivity contribution in [2.24, 2.45) is 13.0 Å². The van der Waals surface area contributed by atoms with Gasteiger partial charge in [0.2, 0.25) is 5.91 Å². The van der Waals surface area contributed by atoms with E-state index in [0.717, 1.165) is 64.2 Å². The van der Waals surface area contributed by atoms with Gasteiger partial charge in [-0.1, -0.05) is 18.2 Å². The van der Waals surface area contributed by atoms with Gasteiger partial charge in [0.05, 0.1) is 0 Å². The van der Waals surface area contributed by atoms with Gasteiger partial charge in [-0.15, -0.1) is 0 Å². The van der Waals surface area contributed by atoms with Crippen molar-refractivity contribution in [1.82, 2.24) is 19.4 Å². The maximum absolute atomic E-state index is 13.3. The van der Waals surface area contributed by atoms with Crippen LogP contribution in [0, 0.1) is 12.8 Å². The van der Waals surface area contributed by atoms with E-state index in [4.69, 9.17) is 0 Å². The number of aryl methyl sites for hydroxylation is 1. The number of benzene rings is 1. The van der Waals surface area contributed by atoms with Gasteiger partial charge in [0, 0.05) is 62.4 Å². The normalized spacial score (nSPS) is 18.5. The predicted molar refractivity (Wildman–Crippen MR) is 138 cm³/mol. The molecule has 0 atom stereocenters. The summed E-state index contributed by atoms with van der Waals surface area (Å²) in [7, 11) is 4.07. The van der Waals surface area contributed by atoms with Crippen molar-refractivity contribution in [3.8, 4) is 0 Å². The molecule has 1 aromatic carbocycles. The summed E-state index contributed by atoms with van der Waals surface area (Å²) in [6.45, 7) is 6.91. The number of fused-ring (bicyclic) bond motifs is 1. The van der Waals surface area contributed by atoms with E-state index in [0.29, 0.717) is 11.8 Å². The van der Waals surface area contributed by atoms with Gasteiger partial charge < -0.3 is 14.8 Å². The zero-order valence-corrected chi connectivity index (χ0v) is 20.8. The Morgan fingerprint density at radius 2 is 1.79 bits per heavy atom. The van der Waals surface area contributed by atoms with Crippen molar-refractivity contribution >= 4 is 22.6 Å². The summed E-state index contributed by atoms with van der Waals surface area (Å²) in [5.41, 5.74) is 5.45. The molecule has 2 aliphatic rings. The average molecular weight is 460 g/mol. The molecule has 6 nitrogen and oxygen atoms in total. The van der Waals surface area contributed by atoms with Crippen LogP contribution < -0.4 is 5.32 Å². The van der Waals surface area contributed by atoms with Crippen LogP contribution in [0.2, 0.25) is 0 Å². The molecule has 2 fully saturated rings. The topological polar surface area (TPSA) is 53.4 Å². The Morgan fingerprint density at radius 3 is 2.53 bits per heavy atom. The number of likely N-dealkylation sites (tertiary alicyclic amines) is 2. The Kier molecular flexibility index (Phi) is 6.59. The quantitative estimate of drug-likeness (QED) is 0.609. The third-order valence-electron chi connectivity index (χ3n) is 8.09. The molecule has 1 amide bonds. The molecule has 4 heterocycles.